The van der Waals surface area contributed by atoms with Crippen molar-refractivity contribution in [2.75, 3.05) is 7.05 Å². The number of nitrogens with one attached hydrogen (secondary N) is 1. The third-order valence-corrected chi connectivity index (χ3v) is 3.50. The molecule has 0 fully saturated rings. The molecule has 3 heteroatoms. The van der Waals surface area contributed by atoms with E-state index in [0.717, 1.165) is 15.9 Å². The molecule has 0 heterocycles. The van der Waals surface area contributed by atoms with Crippen LogP contribution in [0.2, 0.25) is 5.02 Å². The standard InChI is InChI=1S/C11H15BrClN/c1-3-4-11(14-2)8-5-6-9(12)10(13)7-8/h5-7,11,14H,3-4H2,1-2H3. The van der Waals surface area contributed by atoms with Gasteiger partial charge in [-0.15, -0.1) is 0 Å². The molecule has 0 bridgehead atoms. The third-order valence-electron chi connectivity index (χ3n) is 2.27. The summed E-state index contributed by atoms with van der Waals surface area (Å²) in [6, 6.07) is 6.53. The van der Waals surface area contributed by atoms with Gasteiger partial charge in [0.1, 0.15) is 0 Å². The van der Waals surface area contributed by atoms with Gasteiger partial charge in [-0.05, 0) is 47.1 Å². The highest BCUT2D eigenvalue weighted by Crippen LogP contribution is 2.27. The molecule has 0 saturated heterocycles. The lowest BCUT2D eigenvalue weighted by Gasteiger charge is -2.16. The summed E-state index contributed by atoms with van der Waals surface area (Å²) < 4.78 is 0.953. The maximum atomic E-state index is 6.04. The van der Waals surface area contributed by atoms with Crippen molar-refractivity contribution in [1.82, 2.24) is 5.32 Å². The number of halogens is 2. The second kappa shape index (κ2) is 5.74. The maximum absolute atomic E-state index is 6.04. The first-order valence-electron chi connectivity index (χ1n) is 4.81. The van der Waals surface area contributed by atoms with E-state index in [2.05, 4.69) is 34.2 Å². The Morgan fingerprint density at radius 1 is 1.50 bits per heavy atom. The van der Waals surface area contributed by atoms with Crippen molar-refractivity contribution in [3.63, 3.8) is 0 Å². The molecule has 0 radical (unpaired) electrons. The largest absolute Gasteiger partial charge is 0.313 e. The first-order valence-corrected chi connectivity index (χ1v) is 5.98. The minimum atomic E-state index is 0.408. The molecule has 0 aliphatic heterocycles. The monoisotopic (exact) mass is 275 g/mol. The zero-order valence-electron chi connectivity index (χ0n) is 8.48. The Kier molecular flexibility index (Phi) is 4.93. The Hall–Kier alpha value is -0.0500. The van der Waals surface area contributed by atoms with Gasteiger partial charge in [0.2, 0.25) is 0 Å². The normalized spacial score (nSPS) is 12.9. The van der Waals surface area contributed by atoms with Gasteiger partial charge >= 0.3 is 0 Å². The van der Waals surface area contributed by atoms with Gasteiger partial charge in [0, 0.05) is 10.5 Å². The number of benzene rings is 1. The summed E-state index contributed by atoms with van der Waals surface area (Å²) in [4.78, 5) is 0. The lowest BCUT2D eigenvalue weighted by Crippen LogP contribution is -2.15. The van der Waals surface area contributed by atoms with Crippen LogP contribution < -0.4 is 5.32 Å². The van der Waals surface area contributed by atoms with Crippen molar-refractivity contribution in [2.45, 2.75) is 25.8 Å². The minimum absolute atomic E-state index is 0.408. The van der Waals surface area contributed by atoms with Crippen LogP contribution in [0, 0.1) is 0 Å². The van der Waals surface area contributed by atoms with E-state index in [1.54, 1.807) is 0 Å². The quantitative estimate of drug-likeness (QED) is 0.870. The molecule has 78 valence electrons. The van der Waals surface area contributed by atoms with Gasteiger partial charge in [-0.25, -0.2) is 0 Å². The summed E-state index contributed by atoms with van der Waals surface area (Å²) in [5.41, 5.74) is 1.25. The van der Waals surface area contributed by atoms with E-state index >= 15 is 0 Å². The van der Waals surface area contributed by atoms with Gasteiger partial charge < -0.3 is 5.32 Å². The van der Waals surface area contributed by atoms with Gasteiger partial charge in [0.15, 0.2) is 0 Å². The van der Waals surface area contributed by atoms with Gasteiger partial charge in [0.25, 0.3) is 0 Å². The second-order valence-electron chi connectivity index (χ2n) is 3.30. The molecule has 1 aromatic rings. The van der Waals surface area contributed by atoms with Crippen LogP contribution >= 0.6 is 27.5 Å². The van der Waals surface area contributed by atoms with Crippen LogP contribution in [0.25, 0.3) is 0 Å². The summed E-state index contributed by atoms with van der Waals surface area (Å²) in [6.07, 6.45) is 2.30. The molecule has 0 aliphatic rings. The Morgan fingerprint density at radius 2 is 2.21 bits per heavy atom. The predicted molar refractivity (Wildman–Crippen MR) is 65.9 cm³/mol. The fourth-order valence-corrected chi connectivity index (χ4v) is 1.93. The number of hydrogen-bond donors (Lipinski definition) is 1. The molecule has 1 atom stereocenters. The van der Waals surface area contributed by atoms with Crippen LogP contribution in [0.15, 0.2) is 22.7 Å². The van der Waals surface area contributed by atoms with Crippen LogP contribution in [-0.2, 0) is 0 Å². The Labute approximate surface area is 99.0 Å². The topological polar surface area (TPSA) is 12.0 Å². The highest BCUT2D eigenvalue weighted by Gasteiger charge is 2.08. The number of rotatable bonds is 4. The van der Waals surface area contributed by atoms with Crippen molar-refractivity contribution < 1.29 is 0 Å². The SMILES string of the molecule is CCCC(NC)c1ccc(Br)c(Cl)c1. The molecule has 0 aromatic heterocycles. The van der Waals surface area contributed by atoms with Gasteiger partial charge in [0.05, 0.1) is 5.02 Å². The summed E-state index contributed by atoms with van der Waals surface area (Å²) >= 11 is 9.43. The van der Waals surface area contributed by atoms with E-state index in [1.807, 2.05) is 19.2 Å². The second-order valence-corrected chi connectivity index (χ2v) is 4.57. The summed E-state index contributed by atoms with van der Waals surface area (Å²) in [5, 5.41) is 4.07. The van der Waals surface area contributed by atoms with Crippen LogP contribution in [-0.4, -0.2) is 7.05 Å². The molecule has 1 N–H and O–H groups in total. The number of hydrogen-bond acceptors (Lipinski definition) is 1. The van der Waals surface area contributed by atoms with E-state index in [0.29, 0.717) is 6.04 Å². The zero-order valence-corrected chi connectivity index (χ0v) is 10.8. The Bertz CT molecular complexity index is 301. The van der Waals surface area contributed by atoms with Gasteiger partial charge in [-0.1, -0.05) is 31.0 Å². The van der Waals surface area contributed by atoms with Gasteiger partial charge in [-0.2, -0.15) is 0 Å². The van der Waals surface area contributed by atoms with E-state index < -0.39 is 0 Å². The molecule has 0 spiro atoms. The molecular formula is C11H15BrClN. The molecule has 1 unspecified atom stereocenters. The van der Waals surface area contributed by atoms with Crippen molar-refractivity contribution in [1.29, 1.82) is 0 Å². The van der Waals surface area contributed by atoms with Crippen molar-refractivity contribution in [2.24, 2.45) is 0 Å². The molecule has 1 rings (SSSR count). The lowest BCUT2D eigenvalue weighted by molar-refractivity contribution is 0.541. The molecule has 14 heavy (non-hydrogen) atoms. The van der Waals surface area contributed by atoms with Crippen LogP contribution in [0.4, 0.5) is 0 Å². The molecule has 1 aromatic carbocycles. The molecule has 1 nitrogen and oxygen atoms in total. The van der Waals surface area contributed by atoms with E-state index in [9.17, 15) is 0 Å². The van der Waals surface area contributed by atoms with Crippen molar-refractivity contribution in [3.8, 4) is 0 Å². The highest BCUT2D eigenvalue weighted by atomic mass is 79.9. The van der Waals surface area contributed by atoms with Crippen LogP contribution in [0.1, 0.15) is 31.4 Å². The Morgan fingerprint density at radius 3 is 2.71 bits per heavy atom. The summed E-state index contributed by atoms with van der Waals surface area (Å²) in [6.45, 7) is 2.19. The van der Waals surface area contributed by atoms with Crippen LogP contribution in [0.5, 0.6) is 0 Å². The van der Waals surface area contributed by atoms with Crippen molar-refractivity contribution >= 4 is 27.5 Å². The lowest BCUT2D eigenvalue weighted by atomic mass is 10.0. The van der Waals surface area contributed by atoms with Gasteiger partial charge in [-0.3, -0.25) is 0 Å². The summed E-state index contributed by atoms with van der Waals surface area (Å²) in [5.74, 6) is 0. The molecule has 0 amide bonds. The van der Waals surface area contributed by atoms with E-state index in [4.69, 9.17) is 11.6 Å². The van der Waals surface area contributed by atoms with Crippen LogP contribution in [0.3, 0.4) is 0 Å². The zero-order chi connectivity index (χ0) is 10.6. The molecular weight excluding hydrogens is 261 g/mol. The predicted octanol–water partition coefficient (Wildman–Crippen LogP) is 4.16. The molecule has 0 aliphatic carbocycles. The fraction of sp³-hybridized carbons (Fsp3) is 0.455. The van der Waals surface area contributed by atoms with E-state index in [1.165, 1.54) is 12.0 Å². The van der Waals surface area contributed by atoms with E-state index in [-0.39, 0.29) is 0 Å². The first kappa shape index (κ1) is 12.0. The fourth-order valence-electron chi connectivity index (χ4n) is 1.50. The summed E-state index contributed by atoms with van der Waals surface area (Å²) in [7, 11) is 1.98. The Balaban J connectivity index is 2.88. The van der Waals surface area contributed by atoms with Crippen molar-refractivity contribution in [3.05, 3.63) is 33.3 Å². The highest BCUT2D eigenvalue weighted by molar-refractivity contribution is 9.10. The average molecular weight is 277 g/mol. The minimum Gasteiger partial charge on any atom is -0.313 e. The first-order chi connectivity index (χ1) is 6.69. The smallest absolute Gasteiger partial charge is 0.0551 e. The maximum Gasteiger partial charge on any atom is 0.0551 e. The molecule has 0 saturated carbocycles. The third kappa shape index (κ3) is 2.97. The average Bonchev–Trinajstić information content (AvgIpc) is 2.19.